The van der Waals surface area contributed by atoms with Crippen molar-refractivity contribution in [2.45, 2.75) is 33.3 Å². The van der Waals surface area contributed by atoms with E-state index in [1.807, 2.05) is 0 Å². The summed E-state index contributed by atoms with van der Waals surface area (Å²) in [5.41, 5.74) is -0.674. The normalized spacial score (nSPS) is 10.9. The highest BCUT2D eigenvalue weighted by molar-refractivity contribution is 6.00. The quantitative estimate of drug-likeness (QED) is 0.650. The van der Waals surface area contributed by atoms with Gasteiger partial charge >= 0.3 is 6.09 Å². The van der Waals surface area contributed by atoms with Gasteiger partial charge < -0.3 is 4.74 Å². The minimum Gasteiger partial charge on any atom is -0.444 e. The van der Waals surface area contributed by atoms with Crippen LogP contribution >= 0.6 is 0 Å². The van der Waals surface area contributed by atoms with Crippen LogP contribution in [0.5, 0.6) is 0 Å². The third-order valence-electron chi connectivity index (χ3n) is 1.83. The van der Waals surface area contributed by atoms with Gasteiger partial charge in [0.25, 0.3) is 0 Å². The number of hydrogen-bond donors (Lipinski definition) is 1. The predicted octanol–water partition coefficient (Wildman–Crippen LogP) is 2.77. The van der Waals surface area contributed by atoms with Crippen molar-refractivity contribution < 1.29 is 18.7 Å². The Morgan fingerprint density at radius 3 is 2.44 bits per heavy atom. The second-order valence-corrected chi connectivity index (χ2v) is 4.71. The van der Waals surface area contributed by atoms with Crippen molar-refractivity contribution >= 4 is 17.6 Å². The van der Waals surface area contributed by atoms with Gasteiger partial charge in [-0.15, -0.1) is 0 Å². The Hall–Kier alpha value is -1.98. The molecule has 0 radical (unpaired) electrons. The molecular weight excluding hydrogens is 239 g/mol. The van der Waals surface area contributed by atoms with Gasteiger partial charge in [-0.1, -0.05) is 0 Å². The number of pyridine rings is 1. The van der Waals surface area contributed by atoms with Gasteiger partial charge in [-0.05, 0) is 32.9 Å². The number of nitrogens with one attached hydrogen (secondary N) is 1. The van der Waals surface area contributed by atoms with E-state index in [0.717, 1.165) is 6.07 Å². The molecule has 1 heterocycles. The number of amides is 1. The summed E-state index contributed by atoms with van der Waals surface area (Å²) in [5.74, 6) is -1.23. The number of rotatable bonds is 2. The molecule has 0 bridgehead atoms. The largest absolute Gasteiger partial charge is 0.444 e. The van der Waals surface area contributed by atoms with Gasteiger partial charge in [0.15, 0.2) is 5.78 Å². The van der Waals surface area contributed by atoms with Crippen molar-refractivity contribution in [3.63, 3.8) is 0 Å². The van der Waals surface area contributed by atoms with E-state index in [1.165, 1.54) is 13.0 Å². The van der Waals surface area contributed by atoms with Crippen molar-refractivity contribution in [1.82, 2.24) is 4.98 Å². The fourth-order valence-corrected chi connectivity index (χ4v) is 1.22. The number of hydrogen-bond acceptors (Lipinski definition) is 4. The number of ketones is 1. The first-order valence-electron chi connectivity index (χ1n) is 5.36. The SMILES string of the molecule is CC(=O)c1nc(F)ccc1NC(=O)OC(C)(C)C. The van der Waals surface area contributed by atoms with Crippen LogP contribution in [0.15, 0.2) is 12.1 Å². The Kier molecular flexibility index (Phi) is 4.00. The molecule has 0 saturated heterocycles. The lowest BCUT2D eigenvalue weighted by molar-refractivity contribution is 0.0636. The van der Waals surface area contributed by atoms with Gasteiger partial charge in [0.2, 0.25) is 5.95 Å². The van der Waals surface area contributed by atoms with Crippen molar-refractivity contribution in [3.8, 4) is 0 Å². The first-order chi connectivity index (χ1) is 8.19. The van der Waals surface area contributed by atoms with Crippen LogP contribution in [0.4, 0.5) is 14.9 Å². The van der Waals surface area contributed by atoms with Crippen molar-refractivity contribution in [2.75, 3.05) is 5.32 Å². The zero-order chi connectivity index (χ0) is 13.9. The Bertz CT molecular complexity index is 481. The number of nitrogens with zero attached hydrogens (tertiary/aromatic N) is 1. The number of halogens is 1. The fourth-order valence-electron chi connectivity index (χ4n) is 1.22. The molecule has 0 unspecified atom stereocenters. The zero-order valence-corrected chi connectivity index (χ0v) is 10.7. The first kappa shape index (κ1) is 14.1. The van der Waals surface area contributed by atoms with Crippen LogP contribution in [0.25, 0.3) is 0 Å². The Morgan fingerprint density at radius 1 is 1.33 bits per heavy atom. The number of ether oxygens (including phenoxy) is 1. The number of aromatic nitrogens is 1. The number of carbonyl (C=O) groups excluding carboxylic acids is 2. The average Bonchev–Trinajstić information content (AvgIpc) is 2.17. The van der Waals surface area contributed by atoms with Crippen LogP contribution in [-0.2, 0) is 4.74 Å². The van der Waals surface area contributed by atoms with Gasteiger partial charge in [0, 0.05) is 6.92 Å². The minimum atomic E-state index is -0.782. The molecule has 1 N–H and O–H groups in total. The van der Waals surface area contributed by atoms with Crippen LogP contribution < -0.4 is 5.32 Å². The maximum Gasteiger partial charge on any atom is 0.412 e. The molecule has 0 atom stereocenters. The van der Waals surface area contributed by atoms with Crippen LogP contribution in [-0.4, -0.2) is 22.5 Å². The molecule has 0 aliphatic rings. The van der Waals surface area contributed by atoms with Crippen LogP contribution in [0, 0.1) is 5.95 Å². The molecule has 1 aromatic heterocycles. The van der Waals surface area contributed by atoms with Crippen molar-refractivity contribution in [3.05, 3.63) is 23.8 Å². The van der Waals surface area contributed by atoms with E-state index < -0.39 is 23.4 Å². The smallest absolute Gasteiger partial charge is 0.412 e. The Balaban J connectivity index is 2.91. The monoisotopic (exact) mass is 254 g/mol. The Morgan fingerprint density at radius 2 is 1.94 bits per heavy atom. The van der Waals surface area contributed by atoms with Gasteiger partial charge in [0.1, 0.15) is 11.3 Å². The van der Waals surface area contributed by atoms with E-state index in [-0.39, 0.29) is 11.4 Å². The third-order valence-corrected chi connectivity index (χ3v) is 1.83. The second-order valence-electron chi connectivity index (χ2n) is 4.71. The number of Topliss-reactive ketones (excluding diaryl/α,β-unsaturated/α-hetero) is 1. The van der Waals surface area contributed by atoms with Gasteiger partial charge in [-0.3, -0.25) is 10.1 Å². The summed E-state index contributed by atoms with van der Waals surface area (Å²) in [6.45, 7) is 6.37. The summed E-state index contributed by atoms with van der Waals surface area (Å²) in [4.78, 5) is 26.2. The molecule has 6 heteroatoms. The van der Waals surface area contributed by atoms with E-state index in [1.54, 1.807) is 20.8 Å². The summed E-state index contributed by atoms with van der Waals surface area (Å²) in [6.07, 6.45) is -0.724. The Labute approximate surface area is 104 Å². The molecule has 5 nitrogen and oxygen atoms in total. The zero-order valence-electron chi connectivity index (χ0n) is 10.7. The lowest BCUT2D eigenvalue weighted by atomic mass is 10.2. The van der Waals surface area contributed by atoms with Crippen LogP contribution in [0.3, 0.4) is 0 Å². The van der Waals surface area contributed by atoms with E-state index in [4.69, 9.17) is 4.74 Å². The molecule has 1 aromatic rings. The topological polar surface area (TPSA) is 68.3 Å². The molecule has 18 heavy (non-hydrogen) atoms. The molecule has 1 rings (SSSR count). The van der Waals surface area contributed by atoms with Crippen molar-refractivity contribution in [1.29, 1.82) is 0 Å². The highest BCUT2D eigenvalue weighted by Crippen LogP contribution is 2.16. The van der Waals surface area contributed by atoms with E-state index in [2.05, 4.69) is 10.3 Å². The van der Waals surface area contributed by atoms with Gasteiger partial charge in [-0.2, -0.15) is 4.39 Å². The van der Waals surface area contributed by atoms with Crippen molar-refractivity contribution in [2.24, 2.45) is 0 Å². The molecule has 0 aromatic carbocycles. The molecular formula is C12H15FN2O3. The standard InChI is InChI=1S/C12H15FN2O3/c1-7(16)10-8(5-6-9(13)15-10)14-11(17)18-12(2,3)4/h5-6H,1-4H3,(H,14,17). The molecule has 0 aliphatic heterocycles. The highest BCUT2D eigenvalue weighted by Gasteiger charge is 2.18. The summed E-state index contributed by atoms with van der Waals surface area (Å²) in [7, 11) is 0. The molecule has 98 valence electrons. The molecule has 0 aliphatic carbocycles. The molecule has 0 spiro atoms. The summed E-state index contributed by atoms with van der Waals surface area (Å²) in [5, 5.41) is 2.36. The van der Waals surface area contributed by atoms with Gasteiger partial charge in [0.05, 0.1) is 5.69 Å². The molecule has 1 amide bonds. The van der Waals surface area contributed by atoms with E-state index in [0.29, 0.717) is 0 Å². The second kappa shape index (κ2) is 5.12. The lowest BCUT2D eigenvalue weighted by Crippen LogP contribution is -2.27. The van der Waals surface area contributed by atoms with E-state index >= 15 is 0 Å². The van der Waals surface area contributed by atoms with Crippen LogP contribution in [0.1, 0.15) is 38.2 Å². The summed E-state index contributed by atoms with van der Waals surface area (Å²) >= 11 is 0. The molecule has 0 fully saturated rings. The number of anilines is 1. The summed E-state index contributed by atoms with van der Waals surface area (Å²) < 4.78 is 17.9. The van der Waals surface area contributed by atoms with E-state index in [9.17, 15) is 14.0 Å². The van der Waals surface area contributed by atoms with Gasteiger partial charge in [-0.25, -0.2) is 9.78 Å². The highest BCUT2D eigenvalue weighted by atomic mass is 19.1. The van der Waals surface area contributed by atoms with Crippen LogP contribution in [0.2, 0.25) is 0 Å². The number of carbonyl (C=O) groups is 2. The maximum absolute atomic E-state index is 12.9. The third kappa shape index (κ3) is 4.12. The fraction of sp³-hybridized carbons (Fsp3) is 0.417. The predicted molar refractivity (Wildman–Crippen MR) is 64.1 cm³/mol. The summed E-state index contributed by atoms with van der Waals surface area (Å²) in [6, 6.07) is 2.32. The molecule has 0 saturated carbocycles. The average molecular weight is 254 g/mol. The first-order valence-corrected chi connectivity index (χ1v) is 5.36. The maximum atomic E-state index is 12.9. The minimum absolute atomic E-state index is 0.123. The lowest BCUT2D eigenvalue weighted by Gasteiger charge is -2.20.